The summed E-state index contributed by atoms with van der Waals surface area (Å²) < 4.78 is 10.3. The molecule has 1 atom stereocenters. The molecule has 0 aliphatic carbocycles. The summed E-state index contributed by atoms with van der Waals surface area (Å²) in [7, 11) is -4.73. The molecule has 0 aromatic rings. The number of carbonyl (C=O) groups is 2. The molecule has 0 saturated carbocycles. The van der Waals surface area contributed by atoms with Gasteiger partial charge in [-0.25, -0.2) is 9.65 Å². The van der Waals surface area contributed by atoms with Crippen LogP contribution in [-0.2, 0) is 14.2 Å². The lowest BCUT2D eigenvalue weighted by molar-refractivity contribution is -0.145. The first-order chi connectivity index (χ1) is 5.72. The summed E-state index contributed by atoms with van der Waals surface area (Å²) in [5.74, 6) is -3.10. The molecule has 0 aromatic heterocycles. The van der Waals surface area contributed by atoms with Gasteiger partial charge in [-0.15, -0.1) is 0 Å². The Bertz CT molecular complexity index is 257. The zero-order valence-electron chi connectivity index (χ0n) is 6.25. The number of aliphatic carboxylic acids is 2. The maximum absolute atomic E-state index is 10.3. The van der Waals surface area contributed by atoms with Crippen LogP contribution in [0, 0.1) is 0 Å². The lowest BCUT2D eigenvalue weighted by atomic mass is 10.2. The van der Waals surface area contributed by atoms with E-state index in [9.17, 15) is 14.2 Å². The Balaban J connectivity index is 4.36. The van der Waals surface area contributed by atoms with Gasteiger partial charge in [-0.3, -0.25) is 9.59 Å². The smallest absolute Gasteiger partial charge is 0.401 e. The minimum Gasteiger partial charge on any atom is -0.481 e. The molecule has 0 fully saturated rings. The van der Waals surface area contributed by atoms with Crippen molar-refractivity contribution in [3.8, 4) is 0 Å². The molecule has 9 heteroatoms. The molecular formula is C4H8NO7P. The number of rotatable bonds is 5. The van der Waals surface area contributed by atoms with Crippen LogP contribution < -0.4 is 5.09 Å². The van der Waals surface area contributed by atoms with Crippen molar-refractivity contribution in [3.63, 3.8) is 0 Å². The largest absolute Gasteiger partial charge is 0.481 e. The van der Waals surface area contributed by atoms with E-state index >= 15 is 0 Å². The van der Waals surface area contributed by atoms with Crippen LogP contribution in [0.1, 0.15) is 6.42 Å². The molecule has 0 radical (unpaired) electrons. The summed E-state index contributed by atoms with van der Waals surface area (Å²) >= 11 is 0. The maximum atomic E-state index is 10.3. The first kappa shape index (κ1) is 12.0. The Morgan fingerprint density at radius 2 is 1.77 bits per heavy atom. The second-order valence-electron chi connectivity index (χ2n) is 2.16. The highest BCUT2D eigenvalue weighted by atomic mass is 31.2. The van der Waals surface area contributed by atoms with Crippen molar-refractivity contribution < 1.29 is 34.2 Å². The van der Waals surface area contributed by atoms with Gasteiger partial charge >= 0.3 is 19.7 Å². The molecular weight excluding hydrogens is 205 g/mol. The number of hydrogen-bond acceptors (Lipinski definition) is 3. The highest BCUT2D eigenvalue weighted by molar-refractivity contribution is 7.49. The van der Waals surface area contributed by atoms with E-state index in [0.29, 0.717) is 0 Å². The third kappa shape index (κ3) is 6.23. The van der Waals surface area contributed by atoms with Crippen molar-refractivity contribution in [2.45, 2.75) is 12.5 Å². The summed E-state index contributed by atoms with van der Waals surface area (Å²) in [4.78, 5) is 36.9. The van der Waals surface area contributed by atoms with Crippen molar-refractivity contribution in [1.82, 2.24) is 5.09 Å². The lowest BCUT2D eigenvalue weighted by Crippen LogP contribution is -2.36. The SMILES string of the molecule is O=C(O)CC(NP(=O)(O)O)C(=O)O. The van der Waals surface area contributed by atoms with E-state index in [2.05, 4.69) is 0 Å². The average Bonchev–Trinajstić information content (AvgIpc) is 1.81. The van der Waals surface area contributed by atoms with E-state index in [1.54, 1.807) is 0 Å². The summed E-state index contributed by atoms with van der Waals surface area (Å²) in [5.41, 5.74) is 0. The third-order valence-electron chi connectivity index (χ3n) is 1.00. The third-order valence-corrected chi connectivity index (χ3v) is 1.65. The molecule has 0 aliphatic heterocycles. The number of carboxylic acids is 2. The molecule has 1 unspecified atom stereocenters. The molecule has 13 heavy (non-hydrogen) atoms. The van der Waals surface area contributed by atoms with Crippen LogP contribution in [0.2, 0.25) is 0 Å². The molecule has 0 saturated heterocycles. The van der Waals surface area contributed by atoms with Gasteiger partial charge in [-0.1, -0.05) is 0 Å². The zero-order valence-corrected chi connectivity index (χ0v) is 7.14. The quantitative estimate of drug-likeness (QED) is 0.350. The predicted molar refractivity (Wildman–Crippen MR) is 38.9 cm³/mol. The zero-order chi connectivity index (χ0) is 10.6. The number of carboxylic acid groups (broad SMARTS) is 2. The lowest BCUT2D eigenvalue weighted by Gasteiger charge is -2.12. The molecule has 0 spiro atoms. The summed E-state index contributed by atoms with van der Waals surface area (Å²) in [6, 6.07) is -1.79. The first-order valence-corrected chi connectivity index (χ1v) is 4.61. The molecule has 0 aliphatic rings. The van der Waals surface area contributed by atoms with E-state index in [1.165, 1.54) is 5.09 Å². The highest BCUT2D eigenvalue weighted by Gasteiger charge is 2.27. The normalized spacial score (nSPS) is 13.7. The standard InChI is InChI=1S/C4H8NO7P/c6-3(7)1-2(4(8)9)5-13(10,11)12/h2H,1H2,(H,6,7)(H,8,9)(H3,5,10,11,12). The second kappa shape index (κ2) is 4.33. The van der Waals surface area contributed by atoms with Crippen LogP contribution in [-0.4, -0.2) is 38.0 Å². The fraction of sp³-hybridized carbons (Fsp3) is 0.500. The van der Waals surface area contributed by atoms with E-state index in [1.807, 2.05) is 0 Å². The van der Waals surface area contributed by atoms with Gasteiger partial charge in [-0.2, -0.15) is 0 Å². The maximum Gasteiger partial charge on any atom is 0.401 e. The van der Waals surface area contributed by atoms with E-state index in [4.69, 9.17) is 20.0 Å². The van der Waals surface area contributed by atoms with Gasteiger partial charge in [0.2, 0.25) is 0 Å². The topological polar surface area (TPSA) is 144 Å². The van der Waals surface area contributed by atoms with Crippen LogP contribution in [0.3, 0.4) is 0 Å². The van der Waals surface area contributed by atoms with E-state index < -0.39 is 32.1 Å². The van der Waals surface area contributed by atoms with Crippen molar-refractivity contribution in [1.29, 1.82) is 0 Å². The highest BCUT2D eigenvalue weighted by Crippen LogP contribution is 2.29. The minimum atomic E-state index is -4.73. The molecule has 0 rings (SSSR count). The number of hydrogen-bond donors (Lipinski definition) is 5. The van der Waals surface area contributed by atoms with Crippen molar-refractivity contribution in [2.24, 2.45) is 0 Å². The Hall–Kier alpha value is -0.950. The van der Waals surface area contributed by atoms with Gasteiger partial charge in [0.25, 0.3) is 0 Å². The van der Waals surface area contributed by atoms with Gasteiger partial charge < -0.3 is 20.0 Å². The van der Waals surface area contributed by atoms with Gasteiger partial charge in [0.1, 0.15) is 6.04 Å². The molecule has 8 nitrogen and oxygen atoms in total. The monoisotopic (exact) mass is 213 g/mol. The molecule has 0 bridgehead atoms. The van der Waals surface area contributed by atoms with Crippen LogP contribution in [0.25, 0.3) is 0 Å². The van der Waals surface area contributed by atoms with Crippen molar-refractivity contribution >= 4 is 19.7 Å². The average molecular weight is 213 g/mol. The number of nitrogens with one attached hydrogen (secondary N) is 1. The Morgan fingerprint density at radius 1 is 1.31 bits per heavy atom. The van der Waals surface area contributed by atoms with Gasteiger partial charge in [0.05, 0.1) is 6.42 Å². The van der Waals surface area contributed by atoms with Gasteiger partial charge in [0, 0.05) is 0 Å². The Kier molecular flexibility index (Phi) is 4.02. The molecule has 0 amide bonds. The van der Waals surface area contributed by atoms with Gasteiger partial charge in [0.15, 0.2) is 0 Å². The van der Waals surface area contributed by atoms with Crippen LogP contribution >= 0.6 is 7.75 Å². The predicted octanol–water partition coefficient (Wildman–Crippen LogP) is -1.40. The molecule has 76 valence electrons. The van der Waals surface area contributed by atoms with Crippen molar-refractivity contribution in [2.75, 3.05) is 0 Å². The summed E-state index contributed by atoms with van der Waals surface area (Å²) in [5, 5.41) is 17.9. The summed E-state index contributed by atoms with van der Waals surface area (Å²) in [6.07, 6.45) is -0.902. The fourth-order valence-electron chi connectivity index (χ4n) is 0.566. The van der Waals surface area contributed by atoms with E-state index in [-0.39, 0.29) is 0 Å². The fourth-order valence-corrected chi connectivity index (χ4v) is 1.17. The Labute approximate surface area is 72.4 Å². The summed E-state index contributed by atoms with van der Waals surface area (Å²) in [6.45, 7) is 0. The van der Waals surface area contributed by atoms with Crippen LogP contribution in [0.5, 0.6) is 0 Å². The molecule has 5 N–H and O–H groups in total. The molecule has 0 heterocycles. The second-order valence-corrected chi connectivity index (χ2v) is 3.51. The minimum absolute atomic E-state index is 0.902. The van der Waals surface area contributed by atoms with Crippen LogP contribution in [0.4, 0.5) is 0 Å². The first-order valence-electron chi connectivity index (χ1n) is 3.00. The van der Waals surface area contributed by atoms with Crippen LogP contribution in [0.15, 0.2) is 0 Å². The molecule has 0 aromatic carbocycles. The Morgan fingerprint density at radius 3 is 2.00 bits per heavy atom. The van der Waals surface area contributed by atoms with Crippen molar-refractivity contribution in [3.05, 3.63) is 0 Å². The van der Waals surface area contributed by atoms with Gasteiger partial charge in [-0.05, 0) is 0 Å². The van der Waals surface area contributed by atoms with E-state index in [0.717, 1.165) is 0 Å².